The predicted octanol–water partition coefficient (Wildman–Crippen LogP) is 4.73. The lowest BCUT2D eigenvalue weighted by molar-refractivity contribution is 0.0955. The summed E-state index contributed by atoms with van der Waals surface area (Å²) in [6.45, 7) is 2.71. The third kappa shape index (κ3) is 4.44. The summed E-state index contributed by atoms with van der Waals surface area (Å²) >= 11 is 3.46. The highest BCUT2D eigenvalue weighted by Gasteiger charge is 2.23. The first-order valence-corrected chi connectivity index (χ1v) is 11.0. The number of carbonyl (C=O) groups excluding carboxylic acids is 1. The van der Waals surface area contributed by atoms with Crippen molar-refractivity contribution in [1.82, 2.24) is 20.0 Å². The average molecular weight is 479 g/mol. The number of unbranched alkanes of at least 4 members (excludes halogenated alkanes) is 2. The normalized spacial score (nSPS) is 11.5. The monoisotopic (exact) mass is 478 g/mol. The van der Waals surface area contributed by atoms with E-state index in [1.807, 2.05) is 48.5 Å². The van der Waals surface area contributed by atoms with Crippen LogP contribution in [0.4, 0.5) is 5.82 Å². The summed E-state index contributed by atoms with van der Waals surface area (Å²) in [5.41, 5.74) is 9.88. The molecule has 2 aromatic heterocycles. The molecule has 4 aromatic rings. The zero-order valence-electron chi connectivity index (χ0n) is 17.2. The fourth-order valence-electron chi connectivity index (χ4n) is 3.36. The summed E-state index contributed by atoms with van der Waals surface area (Å²) in [5.74, 6) is -0.0517. The molecule has 0 radical (unpaired) electrons. The van der Waals surface area contributed by atoms with Gasteiger partial charge in [-0.2, -0.15) is 9.78 Å². The van der Waals surface area contributed by atoms with Crippen LogP contribution in [-0.4, -0.2) is 33.3 Å². The standard InChI is InChI=1S/C23H23BrN6O/c1-2-3-6-12-26-23(31)19-20-22(29-18-11-5-4-10-17(18)28-20)30(21(19)25)27-14-15-8-7-9-16(24)13-15/h4-5,7-11,13-14H,2-3,6,12,25H2,1H3,(H,26,31). The maximum Gasteiger partial charge on any atom is 0.257 e. The molecule has 8 heteroatoms. The van der Waals surface area contributed by atoms with Crippen molar-refractivity contribution < 1.29 is 4.79 Å². The maximum atomic E-state index is 13.0. The van der Waals surface area contributed by atoms with Gasteiger partial charge in [0.05, 0.1) is 17.2 Å². The van der Waals surface area contributed by atoms with Gasteiger partial charge in [0.1, 0.15) is 16.9 Å². The lowest BCUT2D eigenvalue weighted by Crippen LogP contribution is -2.25. The number of nitrogens with two attached hydrogens (primary N) is 1. The van der Waals surface area contributed by atoms with Gasteiger partial charge in [0, 0.05) is 11.0 Å². The van der Waals surface area contributed by atoms with Crippen molar-refractivity contribution in [3.05, 3.63) is 64.1 Å². The number of halogens is 1. The van der Waals surface area contributed by atoms with Crippen molar-refractivity contribution in [3.63, 3.8) is 0 Å². The second-order valence-corrected chi connectivity index (χ2v) is 8.13. The highest BCUT2D eigenvalue weighted by atomic mass is 79.9. The molecule has 0 aliphatic carbocycles. The first-order chi connectivity index (χ1) is 15.1. The zero-order chi connectivity index (χ0) is 21.8. The van der Waals surface area contributed by atoms with Crippen LogP contribution in [0, 0.1) is 0 Å². The Balaban J connectivity index is 1.81. The van der Waals surface area contributed by atoms with E-state index in [-0.39, 0.29) is 11.7 Å². The largest absolute Gasteiger partial charge is 0.383 e. The number of rotatable bonds is 7. The topological polar surface area (TPSA) is 98.2 Å². The Labute approximate surface area is 188 Å². The van der Waals surface area contributed by atoms with Gasteiger partial charge in [-0.05, 0) is 36.2 Å². The summed E-state index contributed by atoms with van der Waals surface area (Å²) in [6.07, 6.45) is 4.73. The van der Waals surface area contributed by atoms with Crippen LogP contribution in [0.1, 0.15) is 42.1 Å². The smallest absolute Gasteiger partial charge is 0.257 e. The molecule has 31 heavy (non-hydrogen) atoms. The molecule has 0 bridgehead atoms. The fourth-order valence-corrected chi connectivity index (χ4v) is 3.78. The number of fused-ring (bicyclic) bond motifs is 2. The number of nitrogens with one attached hydrogen (secondary N) is 1. The summed E-state index contributed by atoms with van der Waals surface area (Å²) in [5, 5.41) is 7.48. The molecule has 0 fully saturated rings. The van der Waals surface area contributed by atoms with Crippen LogP contribution in [0.5, 0.6) is 0 Å². The number of amides is 1. The Hall–Kier alpha value is -3.26. The predicted molar refractivity (Wildman–Crippen MR) is 128 cm³/mol. The molecule has 0 aliphatic heterocycles. The van der Waals surface area contributed by atoms with Gasteiger partial charge in [-0.25, -0.2) is 9.97 Å². The van der Waals surface area contributed by atoms with E-state index in [1.165, 1.54) is 4.68 Å². The number of nitrogen functional groups attached to an aromatic ring is 1. The molecule has 4 rings (SSSR count). The number of benzene rings is 2. The van der Waals surface area contributed by atoms with E-state index < -0.39 is 0 Å². The van der Waals surface area contributed by atoms with E-state index >= 15 is 0 Å². The number of hydrogen-bond donors (Lipinski definition) is 2. The second-order valence-electron chi connectivity index (χ2n) is 7.22. The lowest BCUT2D eigenvalue weighted by atomic mass is 10.2. The van der Waals surface area contributed by atoms with Gasteiger partial charge >= 0.3 is 0 Å². The van der Waals surface area contributed by atoms with Gasteiger partial charge < -0.3 is 11.1 Å². The van der Waals surface area contributed by atoms with Gasteiger partial charge in [-0.3, -0.25) is 4.79 Å². The Bertz CT molecular complexity index is 1280. The van der Waals surface area contributed by atoms with Gasteiger partial charge in [0.2, 0.25) is 0 Å². The van der Waals surface area contributed by atoms with Gasteiger partial charge in [-0.15, -0.1) is 0 Å². The highest BCUT2D eigenvalue weighted by molar-refractivity contribution is 9.10. The van der Waals surface area contributed by atoms with E-state index in [0.29, 0.717) is 34.3 Å². The molecule has 158 valence electrons. The summed E-state index contributed by atoms with van der Waals surface area (Å²) < 4.78 is 2.43. The van der Waals surface area contributed by atoms with Crippen molar-refractivity contribution in [2.75, 3.05) is 12.3 Å². The molecule has 0 spiro atoms. The lowest BCUT2D eigenvalue weighted by Gasteiger charge is -2.05. The van der Waals surface area contributed by atoms with Crippen LogP contribution in [0.25, 0.3) is 22.2 Å². The molecular formula is C23H23BrN6O. The molecule has 1 amide bonds. The minimum absolute atomic E-state index is 0.213. The number of nitrogens with zero attached hydrogens (tertiary/aromatic N) is 4. The Morgan fingerprint density at radius 3 is 2.68 bits per heavy atom. The summed E-state index contributed by atoms with van der Waals surface area (Å²) in [6, 6.07) is 15.2. The van der Waals surface area contributed by atoms with Gasteiger partial charge in [-0.1, -0.05) is 60.0 Å². The molecule has 0 aliphatic rings. The third-order valence-electron chi connectivity index (χ3n) is 4.94. The minimum atomic E-state index is -0.264. The van der Waals surface area contributed by atoms with Crippen molar-refractivity contribution >= 4 is 56.1 Å². The maximum absolute atomic E-state index is 13.0. The van der Waals surface area contributed by atoms with Crippen molar-refractivity contribution in [1.29, 1.82) is 0 Å². The van der Waals surface area contributed by atoms with Crippen molar-refractivity contribution in [2.24, 2.45) is 5.10 Å². The van der Waals surface area contributed by atoms with Crippen molar-refractivity contribution in [3.8, 4) is 0 Å². The minimum Gasteiger partial charge on any atom is -0.383 e. The molecule has 0 unspecified atom stereocenters. The number of para-hydroxylation sites is 2. The van der Waals surface area contributed by atoms with E-state index in [9.17, 15) is 4.79 Å². The Morgan fingerprint density at radius 1 is 1.16 bits per heavy atom. The molecule has 2 heterocycles. The summed E-state index contributed by atoms with van der Waals surface area (Å²) in [7, 11) is 0. The average Bonchev–Trinajstić information content (AvgIpc) is 3.04. The SMILES string of the molecule is CCCCCNC(=O)c1c(N)n(N=Cc2cccc(Br)c2)c2nc3ccccc3nc12. The van der Waals surface area contributed by atoms with Crippen LogP contribution in [0.15, 0.2) is 58.1 Å². The van der Waals surface area contributed by atoms with Crippen LogP contribution in [-0.2, 0) is 0 Å². The van der Waals surface area contributed by atoms with E-state index in [1.54, 1.807) is 6.21 Å². The Kier molecular flexibility index (Phi) is 6.27. The quantitative estimate of drug-likeness (QED) is 0.296. The Morgan fingerprint density at radius 2 is 1.94 bits per heavy atom. The third-order valence-corrected chi connectivity index (χ3v) is 5.43. The fraction of sp³-hybridized carbons (Fsp3) is 0.217. The van der Waals surface area contributed by atoms with Crippen LogP contribution in [0.3, 0.4) is 0 Å². The molecule has 0 saturated heterocycles. The molecule has 0 atom stereocenters. The molecule has 2 aromatic carbocycles. The van der Waals surface area contributed by atoms with Crippen LogP contribution < -0.4 is 11.1 Å². The zero-order valence-corrected chi connectivity index (χ0v) is 18.8. The molecule has 0 saturated carbocycles. The first kappa shape index (κ1) is 21.0. The van der Waals surface area contributed by atoms with Crippen molar-refractivity contribution in [2.45, 2.75) is 26.2 Å². The number of anilines is 1. The van der Waals surface area contributed by atoms with E-state index in [4.69, 9.17) is 10.7 Å². The van der Waals surface area contributed by atoms with E-state index in [0.717, 1.165) is 29.3 Å². The number of carbonyl (C=O) groups is 1. The van der Waals surface area contributed by atoms with Crippen LogP contribution >= 0.6 is 15.9 Å². The van der Waals surface area contributed by atoms with Crippen LogP contribution in [0.2, 0.25) is 0 Å². The summed E-state index contributed by atoms with van der Waals surface area (Å²) in [4.78, 5) is 22.4. The van der Waals surface area contributed by atoms with Gasteiger partial charge in [0.25, 0.3) is 5.91 Å². The molecular weight excluding hydrogens is 456 g/mol. The van der Waals surface area contributed by atoms with Gasteiger partial charge in [0.15, 0.2) is 5.65 Å². The highest BCUT2D eigenvalue weighted by Crippen LogP contribution is 2.27. The number of hydrogen-bond acceptors (Lipinski definition) is 5. The first-order valence-electron chi connectivity index (χ1n) is 10.2. The molecule has 3 N–H and O–H groups in total. The second kappa shape index (κ2) is 9.26. The van der Waals surface area contributed by atoms with E-state index in [2.05, 4.69) is 38.3 Å². The number of aromatic nitrogens is 3. The molecule has 7 nitrogen and oxygen atoms in total.